The van der Waals surface area contributed by atoms with Gasteiger partial charge in [-0.25, -0.2) is 0 Å². The van der Waals surface area contributed by atoms with Crippen molar-refractivity contribution >= 4 is 0 Å². The van der Waals surface area contributed by atoms with Crippen molar-refractivity contribution in [2.75, 3.05) is 19.8 Å². The van der Waals surface area contributed by atoms with E-state index in [9.17, 15) is 0 Å². The number of ether oxygens (including phenoxy) is 2. The monoisotopic (exact) mass is 486 g/mol. The Hall–Kier alpha value is -0.340. The number of rotatable bonds is 13. The van der Waals surface area contributed by atoms with Gasteiger partial charge in [-0.15, -0.1) is 0 Å². The van der Waals surface area contributed by atoms with Gasteiger partial charge in [-0.05, 0) is 117 Å². The zero-order valence-electron chi connectivity index (χ0n) is 24.1. The third-order valence-electron chi connectivity index (χ3n) is 11.2. The molecule has 3 saturated carbocycles. The zero-order valence-corrected chi connectivity index (χ0v) is 24.1. The minimum Gasteiger partial charge on any atom is -0.381 e. The molecule has 0 aromatic carbocycles. The van der Waals surface area contributed by atoms with Crippen LogP contribution in [0.1, 0.15) is 131 Å². The molecule has 0 heterocycles. The predicted octanol–water partition coefficient (Wildman–Crippen LogP) is 9.37. The highest BCUT2D eigenvalue weighted by Crippen LogP contribution is 2.66. The van der Waals surface area contributed by atoms with E-state index in [4.69, 9.17) is 9.47 Å². The van der Waals surface area contributed by atoms with Gasteiger partial charge in [0.2, 0.25) is 0 Å². The molecule has 4 rings (SSSR count). The average molecular weight is 487 g/mol. The standard InChI is InChI=1S/C33H58O2/c1-6-21-34-22-9-10-23-35-28-17-19-33(5)27(24-28)13-15-29-30-16-14-26(12-8-7-11-25(2)3)32(30,4)20-18-31(29)33/h13,25-26,28-31H,6-12,14-24H2,1-5H3. The van der Waals surface area contributed by atoms with Crippen molar-refractivity contribution in [3.05, 3.63) is 11.6 Å². The summed E-state index contributed by atoms with van der Waals surface area (Å²) in [6, 6.07) is 0. The average Bonchev–Trinajstić information content (AvgIpc) is 3.17. The van der Waals surface area contributed by atoms with E-state index < -0.39 is 0 Å². The van der Waals surface area contributed by atoms with Gasteiger partial charge in [0.05, 0.1) is 6.10 Å². The minimum absolute atomic E-state index is 0.452. The van der Waals surface area contributed by atoms with Gasteiger partial charge >= 0.3 is 0 Å². The van der Waals surface area contributed by atoms with E-state index in [1.807, 2.05) is 0 Å². The Morgan fingerprint density at radius 1 is 0.914 bits per heavy atom. The van der Waals surface area contributed by atoms with E-state index in [0.717, 1.165) is 68.7 Å². The molecule has 7 atom stereocenters. The van der Waals surface area contributed by atoms with Crippen LogP contribution in [-0.4, -0.2) is 25.9 Å². The van der Waals surface area contributed by atoms with E-state index in [2.05, 4.69) is 40.7 Å². The van der Waals surface area contributed by atoms with Gasteiger partial charge in [-0.1, -0.05) is 65.5 Å². The molecule has 0 N–H and O–H groups in total. The van der Waals surface area contributed by atoms with Crippen LogP contribution in [0.4, 0.5) is 0 Å². The number of hydrogen-bond donors (Lipinski definition) is 0. The van der Waals surface area contributed by atoms with E-state index >= 15 is 0 Å². The van der Waals surface area contributed by atoms with Crippen LogP contribution in [0.2, 0.25) is 0 Å². The van der Waals surface area contributed by atoms with E-state index in [0.29, 0.717) is 16.9 Å². The fraction of sp³-hybridized carbons (Fsp3) is 0.939. The summed E-state index contributed by atoms with van der Waals surface area (Å²) in [5.41, 5.74) is 2.85. The van der Waals surface area contributed by atoms with Gasteiger partial charge in [0, 0.05) is 19.8 Å². The third-order valence-corrected chi connectivity index (χ3v) is 11.2. The largest absolute Gasteiger partial charge is 0.381 e. The maximum atomic E-state index is 6.38. The van der Waals surface area contributed by atoms with Gasteiger partial charge in [0.15, 0.2) is 0 Å². The second kappa shape index (κ2) is 12.5. The van der Waals surface area contributed by atoms with E-state index in [-0.39, 0.29) is 0 Å². The summed E-state index contributed by atoms with van der Waals surface area (Å²) in [6.45, 7) is 15.0. The topological polar surface area (TPSA) is 18.5 Å². The summed E-state index contributed by atoms with van der Waals surface area (Å²) >= 11 is 0. The van der Waals surface area contributed by atoms with Crippen molar-refractivity contribution < 1.29 is 9.47 Å². The minimum atomic E-state index is 0.452. The van der Waals surface area contributed by atoms with Crippen LogP contribution in [0.5, 0.6) is 0 Å². The lowest BCUT2D eigenvalue weighted by Crippen LogP contribution is -2.50. The summed E-state index contributed by atoms with van der Waals surface area (Å²) in [5, 5.41) is 0. The highest BCUT2D eigenvalue weighted by molar-refractivity contribution is 5.25. The molecule has 7 unspecified atom stereocenters. The lowest BCUT2D eigenvalue weighted by Gasteiger charge is -2.58. The van der Waals surface area contributed by atoms with Crippen LogP contribution in [-0.2, 0) is 9.47 Å². The third kappa shape index (κ3) is 6.22. The molecule has 2 nitrogen and oxygen atoms in total. The zero-order chi connectivity index (χ0) is 24.9. The molecule has 0 aliphatic heterocycles. The molecule has 4 aliphatic rings. The number of hydrogen-bond acceptors (Lipinski definition) is 2. The van der Waals surface area contributed by atoms with E-state index in [1.165, 1.54) is 77.0 Å². The van der Waals surface area contributed by atoms with Crippen molar-refractivity contribution in [2.45, 2.75) is 137 Å². The predicted molar refractivity (Wildman–Crippen MR) is 149 cm³/mol. The Labute approximate surface area is 218 Å². The van der Waals surface area contributed by atoms with Gasteiger partial charge in [0.1, 0.15) is 0 Å². The maximum Gasteiger partial charge on any atom is 0.0612 e. The summed E-state index contributed by atoms with van der Waals surface area (Å²) in [7, 11) is 0. The molecule has 4 aliphatic carbocycles. The molecule has 202 valence electrons. The van der Waals surface area contributed by atoms with Gasteiger partial charge in [0.25, 0.3) is 0 Å². The van der Waals surface area contributed by atoms with Crippen LogP contribution in [0.15, 0.2) is 11.6 Å². The summed E-state index contributed by atoms with van der Waals surface area (Å²) < 4.78 is 12.0. The Balaban J connectivity index is 1.29. The molecule has 0 saturated heterocycles. The van der Waals surface area contributed by atoms with Crippen molar-refractivity contribution in [1.29, 1.82) is 0 Å². The van der Waals surface area contributed by atoms with Crippen LogP contribution in [0.3, 0.4) is 0 Å². The second-order valence-corrected chi connectivity index (χ2v) is 13.8. The number of fused-ring (bicyclic) bond motifs is 5. The molecule has 0 amide bonds. The normalized spacial score (nSPS) is 38.7. The fourth-order valence-corrected chi connectivity index (χ4v) is 9.10. The molecule has 0 radical (unpaired) electrons. The number of unbranched alkanes of at least 4 members (excludes halogenated alkanes) is 2. The van der Waals surface area contributed by atoms with Crippen LogP contribution >= 0.6 is 0 Å². The highest BCUT2D eigenvalue weighted by Gasteiger charge is 2.58. The first-order valence-electron chi connectivity index (χ1n) is 15.8. The molecule has 3 fully saturated rings. The van der Waals surface area contributed by atoms with Crippen molar-refractivity contribution in [1.82, 2.24) is 0 Å². The SMILES string of the molecule is CCCOCCCCOC1CCC2(C)C(=CCC3C2CCC2(C)C(CCCCC(C)C)CCC32)C1. The van der Waals surface area contributed by atoms with Gasteiger partial charge in [-0.3, -0.25) is 0 Å². The lowest BCUT2D eigenvalue weighted by atomic mass is 9.47. The smallest absolute Gasteiger partial charge is 0.0612 e. The Bertz CT molecular complexity index is 683. The van der Waals surface area contributed by atoms with Crippen molar-refractivity contribution in [3.63, 3.8) is 0 Å². The molecule has 0 aromatic heterocycles. The first kappa shape index (κ1) is 27.7. The Morgan fingerprint density at radius 2 is 1.74 bits per heavy atom. The summed E-state index contributed by atoms with van der Waals surface area (Å²) in [4.78, 5) is 0. The molecular weight excluding hydrogens is 428 g/mol. The number of allylic oxidation sites excluding steroid dienone is 1. The molecular formula is C33H58O2. The lowest BCUT2D eigenvalue weighted by molar-refractivity contribution is -0.0592. The fourth-order valence-electron chi connectivity index (χ4n) is 9.10. The summed E-state index contributed by atoms with van der Waals surface area (Å²) in [5.74, 6) is 4.72. The summed E-state index contributed by atoms with van der Waals surface area (Å²) in [6.07, 6.45) is 23.6. The highest BCUT2D eigenvalue weighted by atomic mass is 16.5. The molecule has 35 heavy (non-hydrogen) atoms. The van der Waals surface area contributed by atoms with Crippen LogP contribution in [0, 0.1) is 40.4 Å². The second-order valence-electron chi connectivity index (χ2n) is 13.8. The molecule has 2 heteroatoms. The Kier molecular flexibility index (Phi) is 9.86. The maximum absolute atomic E-state index is 6.38. The van der Waals surface area contributed by atoms with Crippen molar-refractivity contribution in [3.8, 4) is 0 Å². The molecule has 0 spiro atoms. The molecule has 0 aromatic rings. The van der Waals surface area contributed by atoms with Crippen molar-refractivity contribution in [2.24, 2.45) is 40.4 Å². The Morgan fingerprint density at radius 3 is 2.54 bits per heavy atom. The molecule has 0 bridgehead atoms. The first-order valence-corrected chi connectivity index (χ1v) is 15.8. The quantitative estimate of drug-likeness (QED) is 0.191. The van der Waals surface area contributed by atoms with Gasteiger partial charge < -0.3 is 9.47 Å². The van der Waals surface area contributed by atoms with Gasteiger partial charge in [-0.2, -0.15) is 0 Å². The first-order chi connectivity index (χ1) is 16.9. The van der Waals surface area contributed by atoms with Crippen LogP contribution < -0.4 is 0 Å². The van der Waals surface area contributed by atoms with Crippen LogP contribution in [0.25, 0.3) is 0 Å². The van der Waals surface area contributed by atoms with E-state index in [1.54, 1.807) is 5.57 Å².